The lowest BCUT2D eigenvalue weighted by Crippen LogP contribution is -2.29. The van der Waals surface area contributed by atoms with E-state index in [0.717, 1.165) is 5.56 Å². The van der Waals surface area contributed by atoms with Gasteiger partial charge in [-0.05, 0) is 18.1 Å². The van der Waals surface area contributed by atoms with Gasteiger partial charge in [0.2, 0.25) is 11.9 Å². The molecule has 0 saturated carbocycles. The number of carbonyl (C=O) groups excluding carboxylic acids is 1. The van der Waals surface area contributed by atoms with Crippen LogP contribution in [0.2, 0.25) is 0 Å². The van der Waals surface area contributed by atoms with Crippen LogP contribution in [0.1, 0.15) is 12.0 Å². The summed E-state index contributed by atoms with van der Waals surface area (Å²) in [6, 6.07) is 11.5. The molecule has 1 atom stereocenters. The summed E-state index contributed by atoms with van der Waals surface area (Å²) >= 11 is 0. The molecule has 6 nitrogen and oxygen atoms in total. The van der Waals surface area contributed by atoms with Crippen molar-refractivity contribution >= 4 is 18.1 Å². The predicted molar refractivity (Wildman–Crippen MR) is 82.2 cm³/mol. The molecule has 1 aromatic carbocycles. The zero-order valence-electron chi connectivity index (χ0n) is 12.0. The summed E-state index contributed by atoms with van der Waals surface area (Å²) in [6.45, 7) is 0.988. The van der Waals surface area contributed by atoms with Crippen molar-refractivity contribution in [2.24, 2.45) is 11.1 Å². The van der Waals surface area contributed by atoms with Gasteiger partial charge in [0.05, 0.1) is 12.1 Å². The summed E-state index contributed by atoms with van der Waals surface area (Å²) in [5.74, 6) is 0.117. The molecule has 2 aromatic rings. The average Bonchev–Trinajstić information content (AvgIpc) is 2.94. The molecule has 3 rings (SSSR count). The van der Waals surface area contributed by atoms with Gasteiger partial charge in [0.25, 0.3) is 0 Å². The van der Waals surface area contributed by atoms with E-state index in [0.29, 0.717) is 25.5 Å². The molecule has 0 spiro atoms. The average molecular weight is 296 g/mol. The fourth-order valence-corrected chi connectivity index (χ4v) is 2.27. The van der Waals surface area contributed by atoms with Gasteiger partial charge in [-0.3, -0.25) is 9.69 Å². The number of anilines is 1. The normalized spacial score (nSPS) is 18.1. The van der Waals surface area contributed by atoms with Gasteiger partial charge in [-0.15, -0.1) is 0 Å². The molecule has 6 heteroatoms. The summed E-state index contributed by atoms with van der Waals surface area (Å²) in [5.41, 5.74) is 1.04. The Balaban J connectivity index is 1.53. The van der Waals surface area contributed by atoms with Crippen LogP contribution < -0.4 is 4.90 Å². The van der Waals surface area contributed by atoms with Crippen LogP contribution in [-0.4, -0.2) is 28.6 Å². The molecule has 0 radical (unpaired) electrons. The Morgan fingerprint density at radius 1 is 1.23 bits per heavy atom. The minimum Gasteiger partial charge on any atom is -0.391 e. The number of hydrogen-bond donors (Lipinski definition) is 0. The Kier molecular flexibility index (Phi) is 4.38. The van der Waals surface area contributed by atoms with E-state index in [9.17, 15) is 4.79 Å². The molecule has 1 aliphatic heterocycles. The number of benzene rings is 1. The Bertz CT molecular complexity index is 646. The van der Waals surface area contributed by atoms with Crippen molar-refractivity contribution in [1.82, 2.24) is 9.97 Å². The molecule has 1 unspecified atom stereocenters. The fraction of sp³-hybridized carbons (Fsp3) is 0.250. The highest BCUT2D eigenvalue weighted by Gasteiger charge is 2.32. The van der Waals surface area contributed by atoms with Crippen LogP contribution in [0.3, 0.4) is 0 Å². The van der Waals surface area contributed by atoms with Crippen molar-refractivity contribution in [3.63, 3.8) is 0 Å². The summed E-state index contributed by atoms with van der Waals surface area (Å²) in [5, 5.41) is 3.91. The highest BCUT2D eigenvalue weighted by Crippen LogP contribution is 2.20. The third kappa shape index (κ3) is 3.28. The zero-order valence-corrected chi connectivity index (χ0v) is 12.0. The number of oxime groups is 1. The minimum absolute atomic E-state index is 0.0433. The molecular formula is C16H16N4O2. The second-order valence-corrected chi connectivity index (χ2v) is 4.95. The number of carbonyl (C=O) groups is 1. The smallest absolute Gasteiger partial charge is 0.238 e. The molecule has 22 heavy (non-hydrogen) atoms. The molecule has 1 fully saturated rings. The third-order valence-electron chi connectivity index (χ3n) is 3.43. The van der Waals surface area contributed by atoms with Gasteiger partial charge >= 0.3 is 0 Å². The molecule has 1 saturated heterocycles. The molecule has 1 aromatic heterocycles. The molecule has 1 aliphatic rings. The molecular weight excluding hydrogens is 280 g/mol. The zero-order chi connectivity index (χ0) is 15.2. The maximum absolute atomic E-state index is 12.3. The number of nitrogens with zero attached hydrogens (tertiary/aromatic N) is 4. The van der Waals surface area contributed by atoms with Gasteiger partial charge in [-0.1, -0.05) is 35.5 Å². The fourth-order valence-electron chi connectivity index (χ4n) is 2.27. The molecule has 112 valence electrons. The second-order valence-electron chi connectivity index (χ2n) is 4.95. The molecule has 2 heterocycles. The first-order valence-corrected chi connectivity index (χ1v) is 7.12. The monoisotopic (exact) mass is 296 g/mol. The summed E-state index contributed by atoms with van der Waals surface area (Å²) in [4.78, 5) is 27.3. The highest BCUT2D eigenvalue weighted by molar-refractivity contribution is 6.04. The van der Waals surface area contributed by atoms with Crippen molar-refractivity contribution in [3.8, 4) is 0 Å². The SMILES string of the molecule is O=C1C(C=NOCc2ccccc2)CCN1c1ncccn1. The summed E-state index contributed by atoms with van der Waals surface area (Å²) in [7, 11) is 0. The van der Waals surface area contributed by atoms with Gasteiger partial charge in [0.15, 0.2) is 0 Å². The Labute approximate surface area is 128 Å². The lowest BCUT2D eigenvalue weighted by molar-refractivity contribution is -0.118. The van der Waals surface area contributed by atoms with Crippen LogP contribution in [0.15, 0.2) is 53.9 Å². The lowest BCUT2D eigenvalue weighted by Gasteiger charge is -2.12. The van der Waals surface area contributed by atoms with Crippen molar-refractivity contribution in [3.05, 3.63) is 54.4 Å². The Morgan fingerprint density at radius 2 is 2.00 bits per heavy atom. The van der Waals surface area contributed by atoms with Crippen LogP contribution in [0.4, 0.5) is 5.95 Å². The first-order valence-electron chi connectivity index (χ1n) is 7.12. The van der Waals surface area contributed by atoms with E-state index >= 15 is 0 Å². The molecule has 0 N–H and O–H groups in total. The molecule has 0 aliphatic carbocycles. The Morgan fingerprint density at radius 3 is 2.77 bits per heavy atom. The highest BCUT2D eigenvalue weighted by atomic mass is 16.6. The van der Waals surface area contributed by atoms with Gasteiger partial charge in [0.1, 0.15) is 6.61 Å². The van der Waals surface area contributed by atoms with Crippen LogP contribution in [0, 0.1) is 5.92 Å². The van der Waals surface area contributed by atoms with Crippen molar-refractivity contribution in [1.29, 1.82) is 0 Å². The van der Waals surface area contributed by atoms with E-state index in [1.165, 1.54) is 0 Å². The van der Waals surface area contributed by atoms with Crippen LogP contribution in [-0.2, 0) is 16.2 Å². The van der Waals surface area contributed by atoms with Gasteiger partial charge < -0.3 is 4.84 Å². The van der Waals surface area contributed by atoms with E-state index in [2.05, 4.69) is 15.1 Å². The summed E-state index contributed by atoms with van der Waals surface area (Å²) < 4.78 is 0. The van der Waals surface area contributed by atoms with Gasteiger partial charge in [-0.2, -0.15) is 0 Å². The van der Waals surface area contributed by atoms with Crippen LogP contribution in [0.5, 0.6) is 0 Å². The van der Waals surface area contributed by atoms with E-state index in [-0.39, 0.29) is 11.8 Å². The van der Waals surface area contributed by atoms with E-state index in [1.54, 1.807) is 29.6 Å². The minimum atomic E-state index is -0.278. The quantitative estimate of drug-likeness (QED) is 0.625. The van der Waals surface area contributed by atoms with E-state index in [1.807, 2.05) is 30.3 Å². The van der Waals surface area contributed by atoms with E-state index < -0.39 is 0 Å². The lowest BCUT2D eigenvalue weighted by atomic mass is 10.1. The number of rotatable bonds is 5. The second kappa shape index (κ2) is 6.80. The molecule has 1 amide bonds. The Hall–Kier alpha value is -2.76. The predicted octanol–water partition coefficient (Wildman–Crippen LogP) is 2.03. The first-order chi connectivity index (χ1) is 10.8. The third-order valence-corrected chi connectivity index (χ3v) is 3.43. The van der Waals surface area contributed by atoms with Crippen molar-refractivity contribution in [2.75, 3.05) is 11.4 Å². The molecule has 0 bridgehead atoms. The van der Waals surface area contributed by atoms with Crippen molar-refractivity contribution < 1.29 is 9.63 Å². The number of aromatic nitrogens is 2. The maximum atomic E-state index is 12.3. The standard InChI is InChI=1S/C16H16N4O2/c21-15-14(7-10-20(15)16-17-8-4-9-18-16)11-19-22-12-13-5-2-1-3-6-13/h1-6,8-9,11,14H,7,10,12H2. The van der Waals surface area contributed by atoms with Crippen molar-refractivity contribution in [2.45, 2.75) is 13.0 Å². The maximum Gasteiger partial charge on any atom is 0.238 e. The number of hydrogen-bond acceptors (Lipinski definition) is 5. The largest absolute Gasteiger partial charge is 0.391 e. The van der Waals surface area contributed by atoms with Gasteiger partial charge in [-0.25, -0.2) is 9.97 Å². The number of amides is 1. The summed E-state index contributed by atoms with van der Waals surface area (Å²) in [6.07, 6.45) is 5.50. The first kappa shape index (κ1) is 14.2. The van der Waals surface area contributed by atoms with Crippen LogP contribution >= 0.6 is 0 Å². The van der Waals surface area contributed by atoms with Gasteiger partial charge in [0, 0.05) is 18.9 Å². The van der Waals surface area contributed by atoms with Crippen LogP contribution in [0.25, 0.3) is 0 Å². The topological polar surface area (TPSA) is 67.7 Å². The van der Waals surface area contributed by atoms with E-state index in [4.69, 9.17) is 4.84 Å².